The summed E-state index contributed by atoms with van der Waals surface area (Å²) in [6.45, 7) is 2.25. The molecule has 0 saturated heterocycles. The Morgan fingerprint density at radius 1 is 0.923 bits per heavy atom. The van der Waals surface area contributed by atoms with Crippen LogP contribution in [-0.2, 0) is 11.2 Å². The number of benzene rings is 1. The lowest BCUT2D eigenvalue weighted by Crippen LogP contribution is -2.09. The lowest BCUT2D eigenvalue weighted by atomic mass is 9.91. The van der Waals surface area contributed by atoms with Crippen LogP contribution in [0.15, 0.2) is 42.5 Å². The number of rotatable bonds is 16. The van der Waals surface area contributed by atoms with Crippen LogP contribution in [0, 0.1) is 5.92 Å². The molecule has 0 amide bonds. The fourth-order valence-electron chi connectivity index (χ4n) is 3.41. The summed E-state index contributed by atoms with van der Waals surface area (Å²) in [7, 11) is 0. The van der Waals surface area contributed by atoms with Crippen LogP contribution >= 0.6 is 0 Å². The Balaban J connectivity index is 2.11. The summed E-state index contributed by atoms with van der Waals surface area (Å²) in [5.41, 5.74) is 1.31. The van der Waals surface area contributed by atoms with Gasteiger partial charge in [0.05, 0.1) is 0 Å². The Morgan fingerprint density at radius 2 is 1.58 bits per heavy atom. The zero-order chi connectivity index (χ0) is 18.9. The molecule has 0 radical (unpaired) electrons. The number of carboxylic acids is 1. The Morgan fingerprint density at radius 3 is 2.19 bits per heavy atom. The van der Waals surface area contributed by atoms with Crippen molar-refractivity contribution in [1.29, 1.82) is 0 Å². The molecule has 1 aromatic carbocycles. The highest BCUT2D eigenvalue weighted by atomic mass is 16.4. The van der Waals surface area contributed by atoms with Crippen LogP contribution in [0.3, 0.4) is 0 Å². The number of aryl methyl sites for hydroxylation is 1. The zero-order valence-electron chi connectivity index (χ0n) is 16.7. The maximum Gasteiger partial charge on any atom is 0.303 e. The minimum Gasteiger partial charge on any atom is -0.481 e. The van der Waals surface area contributed by atoms with Crippen molar-refractivity contribution in [3.8, 4) is 0 Å². The summed E-state index contributed by atoms with van der Waals surface area (Å²) in [5.74, 6) is -0.351. The van der Waals surface area contributed by atoms with Crippen molar-refractivity contribution in [3.63, 3.8) is 0 Å². The van der Waals surface area contributed by atoms with E-state index in [1.165, 1.54) is 56.9 Å². The quantitative estimate of drug-likeness (QED) is 0.251. The van der Waals surface area contributed by atoms with Crippen molar-refractivity contribution >= 4 is 5.97 Å². The average Bonchev–Trinajstić information content (AvgIpc) is 2.64. The second kappa shape index (κ2) is 15.7. The molecule has 0 spiro atoms. The normalized spacial score (nSPS) is 12.5. The molecule has 1 aromatic rings. The average molecular weight is 359 g/mol. The number of unbranched alkanes of at least 4 members (excludes halogenated alkanes) is 7. The Labute approximate surface area is 160 Å². The molecule has 0 aliphatic carbocycles. The van der Waals surface area contributed by atoms with Gasteiger partial charge in [-0.1, -0.05) is 81.5 Å². The van der Waals surface area contributed by atoms with Gasteiger partial charge < -0.3 is 5.11 Å². The van der Waals surface area contributed by atoms with Crippen molar-refractivity contribution in [2.45, 2.75) is 90.4 Å². The summed E-state index contributed by atoms with van der Waals surface area (Å²) in [6, 6.07) is 10.4. The van der Waals surface area contributed by atoms with Crippen LogP contribution in [0.5, 0.6) is 0 Å². The van der Waals surface area contributed by atoms with Gasteiger partial charge in [-0.25, -0.2) is 0 Å². The lowest BCUT2D eigenvalue weighted by molar-refractivity contribution is -0.138. The largest absolute Gasteiger partial charge is 0.481 e. The van der Waals surface area contributed by atoms with Crippen LogP contribution in [0.25, 0.3) is 0 Å². The minimum atomic E-state index is -0.658. The molecule has 1 atom stereocenters. The number of hydrogen-bond acceptors (Lipinski definition) is 1. The van der Waals surface area contributed by atoms with E-state index in [1.54, 1.807) is 0 Å². The summed E-state index contributed by atoms with van der Waals surface area (Å²) >= 11 is 0. The van der Waals surface area contributed by atoms with Gasteiger partial charge in [0.25, 0.3) is 0 Å². The first-order valence-electron chi connectivity index (χ1n) is 10.6. The van der Waals surface area contributed by atoms with Crippen LogP contribution in [0.4, 0.5) is 0 Å². The van der Waals surface area contributed by atoms with Crippen molar-refractivity contribution in [3.05, 3.63) is 48.0 Å². The van der Waals surface area contributed by atoms with Crippen LogP contribution < -0.4 is 0 Å². The third-order valence-corrected chi connectivity index (χ3v) is 5.02. The van der Waals surface area contributed by atoms with Crippen molar-refractivity contribution < 1.29 is 9.90 Å². The minimum absolute atomic E-state index is 0.307. The Bertz CT molecular complexity index is 478. The summed E-state index contributed by atoms with van der Waals surface area (Å²) < 4.78 is 0. The standard InChI is InChI=1S/C24H38O2/c1-2-3-4-5-6-7-8-9-10-11-13-18-23(21-24(25)26)20-19-22-16-14-12-15-17-22/h7-8,12,14-17,23H,2-6,9-11,13,18-21H2,1H3,(H,25,26)/t23-/m1/s1. The molecule has 0 heterocycles. The number of hydrogen-bond donors (Lipinski definition) is 1. The van der Waals surface area contributed by atoms with Gasteiger partial charge in [0.1, 0.15) is 0 Å². The number of carboxylic acid groups (broad SMARTS) is 1. The number of allylic oxidation sites excluding steroid dienone is 2. The van der Waals surface area contributed by atoms with E-state index in [0.717, 1.165) is 25.7 Å². The number of aliphatic carboxylic acids is 1. The van der Waals surface area contributed by atoms with Gasteiger partial charge in [-0.05, 0) is 56.4 Å². The van der Waals surface area contributed by atoms with Crippen LogP contribution in [-0.4, -0.2) is 11.1 Å². The van der Waals surface area contributed by atoms with E-state index in [1.807, 2.05) is 6.07 Å². The molecule has 0 aromatic heterocycles. The second-order valence-corrected chi connectivity index (χ2v) is 7.45. The Kier molecular flexibility index (Phi) is 13.5. The third kappa shape index (κ3) is 12.7. The summed E-state index contributed by atoms with van der Waals surface area (Å²) in [4.78, 5) is 11.1. The highest BCUT2D eigenvalue weighted by Gasteiger charge is 2.13. The molecule has 0 aliphatic rings. The first-order valence-corrected chi connectivity index (χ1v) is 10.6. The zero-order valence-corrected chi connectivity index (χ0v) is 16.7. The topological polar surface area (TPSA) is 37.3 Å². The maximum absolute atomic E-state index is 11.1. The van der Waals surface area contributed by atoms with E-state index in [0.29, 0.717) is 12.3 Å². The molecule has 26 heavy (non-hydrogen) atoms. The van der Waals surface area contributed by atoms with Gasteiger partial charge in [0.2, 0.25) is 0 Å². The van der Waals surface area contributed by atoms with Crippen LogP contribution in [0.1, 0.15) is 89.5 Å². The predicted molar refractivity (Wildman–Crippen MR) is 111 cm³/mol. The molecule has 0 fully saturated rings. The van der Waals surface area contributed by atoms with Gasteiger partial charge in [-0.15, -0.1) is 0 Å². The molecule has 2 heteroatoms. The van der Waals surface area contributed by atoms with E-state index in [4.69, 9.17) is 5.11 Å². The van der Waals surface area contributed by atoms with Crippen LogP contribution in [0.2, 0.25) is 0 Å². The maximum atomic E-state index is 11.1. The highest BCUT2D eigenvalue weighted by molar-refractivity contribution is 5.67. The van der Waals surface area contributed by atoms with E-state index >= 15 is 0 Å². The molecule has 2 nitrogen and oxygen atoms in total. The van der Waals surface area contributed by atoms with Gasteiger partial charge in [0.15, 0.2) is 0 Å². The highest BCUT2D eigenvalue weighted by Crippen LogP contribution is 2.21. The second-order valence-electron chi connectivity index (χ2n) is 7.45. The number of carbonyl (C=O) groups is 1. The van der Waals surface area contributed by atoms with Gasteiger partial charge in [0, 0.05) is 6.42 Å². The van der Waals surface area contributed by atoms with E-state index in [9.17, 15) is 4.79 Å². The molecule has 0 saturated carbocycles. The fraction of sp³-hybridized carbons (Fsp3) is 0.625. The molecule has 146 valence electrons. The third-order valence-electron chi connectivity index (χ3n) is 5.02. The van der Waals surface area contributed by atoms with Gasteiger partial charge in [-0.2, -0.15) is 0 Å². The molecular weight excluding hydrogens is 320 g/mol. The first kappa shape index (κ1) is 22.5. The molecule has 0 bridgehead atoms. The molecule has 1 rings (SSSR count). The van der Waals surface area contributed by atoms with Crippen molar-refractivity contribution in [2.24, 2.45) is 5.92 Å². The van der Waals surface area contributed by atoms with Gasteiger partial charge in [-0.3, -0.25) is 4.79 Å². The van der Waals surface area contributed by atoms with Crippen molar-refractivity contribution in [2.75, 3.05) is 0 Å². The SMILES string of the molecule is CCCCCCC=CCCCCC[C@H](CCc1ccccc1)CC(=O)O. The van der Waals surface area contributed by atoms with E-state index < -0.39 is 5.97 Å². The smallest absolute Gasteiger partial charge is 0.303 e. The van der Waals surface area contributed by atoms with Gasteiger partial charge >= 0.3 is 5.97 Å². The van der Waals surface area contributed by atoms with E-state index in [-0.39, 0.29) is 0 Å². The molecule has 0 unspecified atom stereocenters. The lowest BCUT2D eigenvalue weighted by Gasteiger charge is -2.14. The van der Waals surface area contributed by atoms with E-state index in [2.05, 4.69) is 43.3 Å². The fourth-order valence-corrected chi connectivity index (χ4v) is 3.41. The van der Waals surface area contributed by atoms with Crippen molar-refractivity contribution in [1.82, 2.24) is 0 Å². The molecule has 1 N–H and O–H groups in total. The Hall–Kier alpha value is -1.57. The summed E-state index contributed by atoms with van der Waals surface area (Å²) in [6.07, 6.45) is 19.3. The molecule has 0 aliphatic heterocycles. The predicted octanol–water partition coefficient (Wildman–Crippen LogP) is 7.19. The monoisotopic (exact) mass is 358 g/mol. The summed E-state index contributed by atoms with van der Waals surface area (Å²) in [5, 5.41) is 9.15. The first-order chi connectivity index (χ1) is 12.7. The molecular formula is C24H38O2.